The van der Waals surface area contributed by atoms with Crippen molar-refractivity contribution < 1.29 is 9.55 Å². The number of anilines is 1. The molecule has 3 aromatic rings. The van der Waals surface area contributed by atoms with Crippen molar-refractivity contribution in [2.45, 2.75) is 13.5 Å². The second-order valence-corrected chi connectivity index (χ2v) is 4.59. The second-order valence-electron chi connectivity index (χ2n) is 4.59. The zero-order valence-electron chi connectivity index (χ0n) is 10.8. The fourth-order valence-corrected chi connectivity index (χ4v) is 2.22. The summed E-state index contributed by atoms with van der Waals surface area (Å²) in [5.74, 6) is 1.40. The van der Waals surface area contributed by atoms with E-state index in [1.165, 1.54) is 10.9 Å². The molecular formula is C15H16N4+2. The van der Waals surface area contributed by atoms with Gasteiger partial charge in [0.15, 0.2) is 12.7 Å². The van der Waals surface area contributed by atoms with E-state index < -0.39 is 0 Å². The zero-order chi connectivity index (χ0) is 13.2. The van der Waals surface area contributed by atoms with E-state index in [4.69, 9.17) is 5.73 Å². The van der Waals surface area contributed by atoms with Gasteiger partial charge in [-0.3, -0.25) is 0 Å². The topological polar surface area (TPSA) is 56.9 Å². The Morgan fingerprint density at radius 1 is 1.21 bits per heavy atom. The van der Waals surface area contributed by atoms with Crippen LogP contribution in [0, 0.1) is 6.92 Å². The molecule has 0 atom stereocenters. The summed E-state index contributed by atoms with van der Waals surface area (Å²) in [5.41, 5.74) is 8.15. The molecule has 0 saturated carbocycles. The van der Waals surface area contributed by atoms with E-state index in [0.29, 0.717) is 12.4 Å². The van der Waals surface area contributed by atoms with Crippen LogP contribution < -0.4 is 15.3 Å². The number of aromatic amines is 1. The molecule has 4 heteroatoms. The standard InChI is InChI=1S/C15H15N4/c1-11-17-9-13(15(16)18-11)10-19-8-4-6-12-5-2-3-7-14(12)19/h2-9H,10H2,1H3,(H2,16,17,18)/q+1/p+1. The molecule has 0 radical (unpaired) electrons. The molecule has 19 heavy (non-hydrogen) atoms. The van der Waals surface area contributed by atoms with Crippen molar-refractivity contribution in [3.05, 3.63) is 60.2 Å². The number of nitrogens with zero attached hydrogens (tertiary/aromatic N) is 2. The number of nitrogen functional groups attached to an aromatic ring is 1. The molecule has 0 spiro atoms. The highest BCUT2D eigenvalue weighted by molar-refractivity contribution is 5.74. The minimum Gasteiger partial charge on any atom is -0.362 e. The van der Waals surface area contributed by atoms with Crippen LogP contribution in [0.15, 0.2) is 48.8 Å². The SMILES string of the molecule is Cc1nc(N)c(C[n+]2cccc3ccccc32)c[nH+]1. The van der Waals surface area contributed by atoms with Crippen LogP contribution in [-0.4, -0.2) is 4.98 Å². The lowest BCUT2D eigenvalue weighted by atomic mass is 10.2. The average molecular weight is 252 g/mol. The molecule has 3 rings (SSSR count). The zero-order valence-corrected chi connectivity index (χ0v) is 10.8. The van der Waals surface area contributed by atoms with Crippen LogP contribution in [-0.2, 0) is 6.54 Å². The Kier molecular flexibility index (Phi) is 2.83. The minimum atomic E-state index is 0.580. The Morgan fingerprint density at radius 3 is 2.84 bits per heavy atom. The number of para-hydroxylation sites is 1. The van der Waals surface area contributed by atoms with Gasteiger partial charge in [0, 0.05) is 24.4 Å². The fourth-order valence-electron chi connectivity index (χ4n) is 2.22. The van der Waals surface area contributed by atoms with E-state index in [2.05, 4.69) is 38.9 Å². The number of nitrogens with two attached hydrogens (primary N) is 1. The molecule has 0 bridgehead atoms. The number of fused-ring (bicyclic) bond motifs is 1. The number of aryl methyl sites for hydroxylation is 1. The third-order valence-electron chi connectivity index (χ3n) is 3.20. The fraction of sp³-hybridized carbons (Fsp3) is 0.133. The van der Waals surface area contributed by atoms with Gasteiger partial charge in [-0.2, -0.15) is 4.57 Å². The van der Waals surface area contributed by atoms with Gasteiger partial charge >= 0.3 is 0 Å². The summed E-state index contributed by atoms with van der Waals surface area (Å²) >= 11 is 0. The van der Waals surface area contributed by atoms with E-state index >= 15 is 0 Å². The van der Waals surface area contributed by atoms with Gasteiger partial charge in [0.25, 0.3) is 11.6 Å². The monoisotopic (exact) mass is 252 g/mol. The van der Waals surface area contributed by atoms with Crippen molar-refractivity contribution in [2.24, 2.45) is 0 Å². The molecule has 0 amide bonds. The number of benzene rings is 1. The molecule has 0 saturated heterocycles. The first-order valence-corrected chi connectivity index (χ1v) is 6.25. The predicted molar refractivity (Wildman–Crippen MR) is 73.2 cm³/mol. The summed E-state index contributed by atoms with van der Waals surface area (Å²) in [6.45, 7) is 2.60. The molecule has 4 nitrogen and oxygen atoms in total. The first-order valence-electron chi connectivity index (χ1n) is 6.25. The molecule has 0 unspecified atom stereocenters. The van der Waals surface area contributed by atoms with E-state index in [0.717, 1.165) is 11.4 Å². The van der Waals surface area contributed by atoms with Gasteiger partial charge in [0.2, 0.25) is 5.52 Å². The molecule has 3 N–H and O–H groups in total. The Hall–Kier alpha value is -2.49. The van der Waals surface area contributed by atoms with Crippen LogP contribution >= 0.6 is 0 Å². The predicted octanol–water partition coefficient (Wildman–Crippen LogP) is 1.28. The second kappa shape index (κ2) is 4.65. The number of H-pyrrole nitrogens is 1. The van der Waals surface area contributed by atoms with Crippen LogP contribution in [0.4, 0.5) is 5.82 Å². The van der Waals surface area contributed by atoms with Crippen molar-refractivity contribution in [3.8, 4) is 0 Å². The number of nitrogens with one attached hydrogen (secondary N) is 1. The van der Waals surface area contributed by atoms with Crippen molar-refractivity contribution in [1.82, 2.24) is 4.98 Å². The first-order chi connectivity index (χ1) is 9.24. The number of aromatic nitrogens is 3. The van der Waals surface area contributed by atoms with Crippen LogP contribution in [0.1, 0.15) is 11.4 Å². The molecule has 2 aromatic heterocycles. The summed E-state index contributed by atoms with van der Waals surface area (Å²) in [6, 6.07) is 12.5. The Balaban J connectivity index is 2.06. The Bertz CT molecular complexity index is 732. The van der Waals surface area contributed by atoms with E-state index in [1.807, 2.05) is 31.3 Å². The summed E-state index contributed by atoms with van der Waals surface area (Å²) < 4.78 is 2.17. The van der Waals surface area contributed by atoms with Gasteiger partial charge in [-0.15, -0.1) is 0 Å². The third kappa shape index (κ3) is 2.25. The van der Waals surface area contributed by atoms with Crippen LogP contribution in [0.25, 0.3) is 10.9 Å². The van der Waals surface area contributed by atoms with E-state index in [-0.39, 0.29) is 0 Å². The van der Waals surface area contributed by atoms with Crippen molar-refractivity contribution in [1.29, 1.82) is 0 Å². The van der Waals surface area contributed by atoms with Gasteiger partial charge in [-0.25, -0.2) is 4.98 Å². The Labute approximate surface area is 111 Å². The summed E-state index contributed by atoms with van der Waals surface area (Å²) in [7, 11) is 0. The largest absolute Gasteiger partial charge is 0.362 e. The van der Waals surface area contributed by atoms with Crippen LogP contribution in [0.3, 0.4) is 0 Å². The van der Waals surface area contributed by atoms with Gasteiger partial charge in [-0.05, 0) is 17.1 Å². The molecule has 0 aliphatic heterocycles. The van der Waals surface area contributed by atoms with Crippen LogP contribution in [0.2, 0.25) is 0 Å². The number of rotatable bonds is 2. The van der Waals surface area contributed by atoms with Crippen molar-refractivity contribution in [2.75, 3.05) is 5.73 Å². The van der Waals surface area contributed by atoms with Crippen molar-refractivity contribution >= 4 is 16.7 Å². The highest BCUT2D eigenvalue weighted by Crippen LogP contribution is 2.10. The number of pyridine rings is 1. The smallest absolute Gasteiger partial charge is 0.295 e. The summed E-state index contributed by atoms with van der Waals surface area (Å²) in [6.07, 6.45) is 3.98. The lowest BCUT2D eigenvalue weighted by molar-refractivity contribution is -0.662. The lowest BCUT2D eigenvalue weighted by Crippen LogP contribution is -2.35. The normalized spacial score (nSPS) is 10.8. The van der Waals surface area contributed by atoms with Gasteiger partial charge < -0.3 is 5.73 Å². The maximum atomic E-state index is 5.97. The third-order valence-corrected chi connectivity index (χ3v) is 3.20. The molecule has 94 valence electrons. The number of hydrogen-bond donors (Lipinski definition) is 1. The van der Waals surface area contributed by atoms with Gasteiger partial charge in [-0.1, -0.05) is 12.1 Å². The maximum Gasteiger partial charge on any atom is 0.295 e. The molecule has 0 fully saturated rings. The quantitative estimate of drug-likeness (QED) is 0.698. The molecule has 0 aliphatic rings. The van der Waals surface area contributed by atoms with Crippen LogP contribution in [0.5, 0.6) is 0 Å². The first kappa shape index (κ1) is 11.6. The van der Waals surface area contributed by atoms with Crippen molar-refractivity contribution in [3.63, 3.8) is 0 Å². The molecule has 0 aliphatic carbocycles. The lowest BCUT2D eigenvalue weighted by Gasteiger charge is -2.01. The molecular weight excluding hydrogens is 236 g/mol. The average Bonchev–Trinajstić information content (AvgIpc) is 2.42. The van der Waals surface area contributed by atoms with E-state index in [1.54, 1.807) is 0 Å². The summed E-state index contributed by atoms with van der Waals surface area (Å²) in [4.78, 5) is 7.36. The summed E-state index contributed by atoms with van der Waals surface area (Å²) in [5, 5.41) is 1.22. The highest BCUT2D eigenvalue weighted by Gasteiger charge is 2.15. The maximum absolute atomic E-state index is 5.97. The number of hydrogen-bond acceptors (Lipinski definition) is 2. The Morgan fingerprint density at radius 2 is 2.00 bits per heavy atom. The van der Waals surface area contributed by atoms with Gasteiger partial charge in [0.1, 0.15) is 11.8 Å². The molecule has 1 aromatic carbocycles. The highest BCUT2D eigenvalue weighted by atomic mass is 15.0. The van der Waals surface area contributed by atoms with Gasteiger partial charge in [0.05, 0.1) is 0 Å². The molecule has 2 heterocycles. The minimum absolute atomic E-state index is 0.580. The van der Waals surface area contributed by atoms with E-state index in [9.17, 15) is 0 Å².